The van der Waals surface area contributed by atoms with Crippen molar-refractivity contribution in [3.8, 4) is 0 Å². The summed E-state index contributed by atoms with van der Waals surface area (Å²) in [7, 11) is 0. The molecule has 2 aliphatic carbocycles. The zero-order chi connectivity index (χ0) is 11.3. The van der Waals surface area contributed by atoms with Crippen molar-refractivity contribution in [1.29, 1.82) is 0 Å². The summed E-state index contributed by atoms with van der Waals surface area (Å²) in [6.07, 6.45) is 4.02. The van der Waals surface area contributed by atoms with Crippen LogP contribution in [0.25, 0.3) is 0 Å². The van der Waals surface area contributed by atoms with Gasteiger partial charge in [-0.2, -0.15) is 0 Å². The van der Waals surface area contributed by atoms with Gasteiger partial charge >= 0.3 is 0 Å². The highest BCUT2D eigenvalue weighted by atomic mass is 19.1. The Bertz CT molecular complexity index is 418. The van der Waals surface area contributed by atoms with Gasteiger partial charge in [0.1, 0.15) is 11.6 Å². The third-order valence-electron chi connectivity index (χ3n) is 4.15. The fraction of sp³-hybridized carbons (Fsp3) is 0.538. The molecule has 0 aliphatic heterocycles. The van der Waals surface area contributed by atoms with Gasteiger partial charge in [0, 0.05) is 5.56 Å². The van der Waals surface area contributed by atoms with E-state index in [1.165, 1.54) is 0 Å². The summed E-state index contributed by atoms with van der Waals surface area (Å²) < 4.78 is 26.7. The lowest BCUT2D eigenvalue weighted by atomic mass is 10.0. The zero-order valence-corrected chi connectivity index (χ0v) is 8.92. The Kier molecular flexibility index (Phi) is 2.08. The molecule has 2 atom stereocenters. The fourth-order valence-corrected chi connectivity index (χ4v) is 3.30. The molecule has 0 radical (unpaired) electrons. The van der Waals surface area contributed by atoms with Crippen LogP contribution >= 0.6 is 0 Å². The monoisotopic (exact) mass is 224 g/mol. The quantitative estimate of drug-likeness (QED) is 0.777. The number of hydrogen-bond acceptors (Lipinski definition) is 1. The Morgan fingerprint density at radius 2 is 1.75 bits per heavy atom. The van der Waals surface area contributed by atoms with E-state index in [2.05, 4.69) is 0 Å². The van der Waals surface area contributed by atoms with E-state index in [4.69, 9.17) is 0 Å². The molecule has 0 aromatic heterocycles. The standard InChI is InChI=1S/C13H14F2O/c14-8-5-6-12(15)11(7-8)13(16)9-3-1-2-4-10(9)13/h5-7,9-10,16H,1-4H2. The molecule has 1 aromatic rings. The normalized spacial score (nSPS) is 36.9. The molecular weight excluding hydrogens is 210 g/mol. The van der Waals surface area contributed by atoms with Crippen molar-refractivity contribution in [2.24, 2.45) is 11.8 Å². The first kappa shape index (κ1) is 10.2. The SMILES string of the molecule is OC1(c2cc(F)ccc2F)C2CCCCC21. The lowest BCUT2D eigenvalue weighted by molar-refractivity contribution is 0.113. The Morgan fingerprint density at radius 1 is 1.12 bits per heavy atom. The van der Waals surface area contributed by atoms with Gasteiger partial charge < -0.3 is 5.11 Å². The summed E-state index contributed by atoms with van der Waals surface area (Å²) >= 11 is 0. The summed E-state index contributed by atoms with van der Waals surface area (Å²) in [5.74, 6) is -0.693. The van der Waals surface area contributed by atoms with Gasteiger partial charge in [-0.15, -0.1) is 0 Å². The minimum atomic E-state index is -1.09. The molecule has 2 unspecified atom stereocenters. The smallest absolute Gasteiger partial charge is 0.129 e. The second kappa shape index (κ2) is 3.27. The van der Waals surface area contributed by atoms with Crippen LogP contribution in [-0.2, 0) is 5.60 Å². The van der Waals surface area contributed by atoms with E-state index in [9.17, 15) is 13.9 Å². The molecule has 86 valence electrons. The maximum absolute atomic E-state index is 13.6. The Balaban J connectivity index is 2.01. The van der Waals surface area contributed by atoms with Gasteiger partial charge in [-0.25, -0.2) is 8.78 Å². The largest absolute Gasteiger partial charge is 0.384 e. The topological polar surface area (TPSA) is 20.2 Å². The van der Waals surface area contributed by atoms with Gasteiger partial charge in [-0.05, 0) is 42.9 Å². The molecule has 0 saturated heterocycles. The minimum Gasteiger partial charge on any atom is -0.384 e. The fourth-order valence-electron chi connectivity index (χ4n) is 3.30. The van der Waals surface area contributed by atoms with Crippen molar-refractivity contribution in [3.63, 3.8) is 0 Å². The Hall–Kier alpha value is -0.960. The highest BCUT2D eigenvalue weighted by Crippen LogP contribution is 2.64. The van der Waals surface area contributed by atoms with Crippen LogP contribution in [0, 0.1) is 23.5 Å². The van der Waals surface area contributed by atoms with E-state index >= 15 is 0 Å². The molecule has 0 bridgehead atoms. The third kappa shape index (κ3) is 1.24. The lowest BCUT2D eigenvalue weighted by Crippen LogP contribution is -2.13. The second-order valence-corrected chi connectivity index (χ2v) is 4.95. The molecular formula is C13H14F2O. The van der Waals surface area contributed by atoms with Gasteiger partial charge in [-0.3, -0.25) is 0 Å². The number of rotatable bonds is 1. The molecule has 1 nitrogen and oxygen atoms in total. The summed E-state index contributed by atoms with van der Waals surface area (Å²) in [5, 5.41) is 10.5. The molecule has 1 aromatic carbocycles. The van der Waals surface area contributed by atoms with E-state index in [1.807, 2.05) is 0 Å². The van der Waals surface area contributed by atoms with E-state index in [1.54, 1.807) is 0 Å². The van der Waals surface area contributed by atoms with Crippen molar-refractivity contribution in [3.05, 3.63) is 35.4 Å². The third-order valence-corrected chi connectivity index (χ3v) is 4.15. The number of aliphatic hydroxyl groups is 1. The lowest BCUT2D eigenvalue weighted by Gasteiger charge is -2.12. The molecule has 3 rings (SSSR count). The van der Waals surface area contributed by atoms with E-state index in [0.717, 1.165) is 43.9 Å². The van der Waals surface area contributed by atoms with Gasteiger partial charge in [0.05, 0.1) is 5.60 Å². The van der Waals surface area contributed by atoms with Crippen LogP contribution in [-0.4, -0.2) is 5.11 Å². The van der Waals surface area contributed by atoms with Crippen molar-refractivity contribution in [2.75, 3.05) is 0 Å². The molecule has 2 saturated carbocycles. The molecule has 0 heterocycles. The van der Waals surface area contributed by atoms with Crippen LogP contribution in [0.1, 0.15) is 31.2 Å². The first-order valence-electron chi connectivity index (χ1n) is 5.82. The second-order valence-electron chi connectivity index (χ2n) is 4.95. The first-order valence-corrected chi connectivity index (χ1v) is 5.82. The zero-order valence-electron chi connectivity index (χ0n) is 8.92. The molecule has 2 fully saturated rings. The van der Waals surface area contributed by atoms with Crippen molar-refractivity contribution in [2.45, 2.75) is 31.3 Å². The van der Waals surface area contributed by atoms with Crippen LogP contribution in [0.2, 0.25) is 0 Å². The summed E-state index contributed by atoms with van der Waals surface area (Å²) in [6, 6.07) is 3.34. The van der Waals surface area contributed by atoms with Crippen molar-refractivity contribution < 1.29 is 13.9 Å². The maximum atomic E-state index is 13.6. The Morgan fingerprint density at radius 3 is 2.38 bits per heavy atom. The minimum absolute atomic E-state index is 0.137. The van der Waals surface area contributed by atoms with Gasteiger partial charge in [-0.1, -0.05) is 12.8 Å². The van der Waals surface area contributed by atoms with Crippen molar-refractivity contribution >= 4 is 0 Å². The van der Waals surface area contributed by atoms with E-state index in [-0.39, 0.29) is 17.4 Å². The number of hydrogen-bond donors (Lipinski definition) is 1. The average molecular weight is 224 g/mol. The molecule has 0 spiro atoms. The molecule has 3 heteroatoms. The highest BCUT2D eigenvalue weighted by molar-refractivity contribution is 5.34. The molecule has 0 amide bonds. The first-order chi connectivity index (χ1) is 7.64. The van der Waals surface area contributed by atoms with Crippen LogP contribution < -0.4 is 0 Å². The number of fused-ring (bicyclic) bond motifs is 1. The molecule has 2 aliphatic rings. The maximum Gasteiger partial charge on any atom is 0.129 e. The summed E-state index contributed by atoms with van der Waals surface area (Å²) in [5.41, 5.74) is -0.938. The summed E-state index contributed by atoms with van der Waals surface area (Å²) in [4.78, 5) is 0. The number of benzene rings is 1. The van der Waals surface area contributed by atoms with Crippen LogP contribution in [0.4, 0.5) is 8.78 Å². The van der Waals surface area contributed by atoms with Crippen LogP contribution in [0.3, 0.4) is 0 Å². The van der Waals surface area contributed by atoms with Crippen molar-refractivity contribution in [1.82, 2.24) is 0 Å². The van der Waals surface area contributed by atoms with Gasteiger partial charge in [0.2, 0.25) is 0 Å². The van der Waals surface area contributed by atoms with E-state index < -0.39 is 17.2 Å². The predicted molar refractivity (Wildman–Crippen MR) is 55.7 cm³/mol. The van der Waals surface area contributed by atoms with Crippen LogP contribution in [0.5, 0.6) is 0 Å². The van der Waals surface area contributed by atoms with Crippen LogP contribution in [0.15, 0.2) is 18.2 Å². The molecule has 1 N–H and O–H groups in total. The van der Waals surface area contributed by atoms with E-state index in [0.29, 0.717) is 0 Å². The predicted octanol–water partition coefficient (Wildman–Crippen LogP) is 2.97. The summed E-state index contributed by atoms with van der Waals surface area (Å²) in [6.45, 7) is 0. The number of halogens is 2. The average Bonchev–Trinajstić information content (AvgIpc) is 2.90. The highest BCUT2D eigenvalue weighted by Gasteiger charge is 2.65. The van der Waals surface area contributed by atoms with Gasteiger partial charge in [0.15, 0.2) is 0 Å². The molecule has 16 heavy (non-hydrogen) atoms. The Labute approximate surface area is 93.1 Å². The van der Waals surface area contributed by atoms with Gasteiger partial charge in [0.25, 0.3) is 0 Å².